The number of halogens is 1. The molecule has 2 rings (SSSR count). The molecule has 0 spiro atoms. The first-order valence-corrected chi connectivity index (χ1v) is 8.01. The van der Waals surface area contributed by atoms with E-state index in [9.17, 15) is 4.39 Å². The van der Waals surface area contributed by atoms with Crippen LogP contribution >= 0.6 is 0 Å². The summed E-state index contributed by atoms with van der Waals surface area (Å²) in [6.07, 6.45) is 9.06. The van der Waals surface area contributed by atoms with Crippen LogP contribution in [0, 0.1) is 5.95 Å². The normalized spacial score (nSPS) is 10.8. The molecule has 0 aliphatic rings. The number of aryl methyl sites for hydroxylation is 1. The molecule has 0 N–H and O–H groups in total. The van der Waals surface area contributed by atoms with Crippen molar-refractivity contribution in [3.63, 3.8) is 0 Å². The van der Waals surface area contributed by atoms with Crippen molar-refractivity contribution in [2.75, 3.05) is 0 Å². The highest BCUT2D eigenvalue weighted by Crippen LogP contribution is 2.19. The van der Waals surface area contributed by atoms with Crippen molar-refractivity contribution in [2.24, 2.45) is 0 Å². The van der Waals surface area contributed by atoms with Crippen LogP contribution in [0.1, 0.15) is 51.0 Å². The summed E-state index contributed by atoms with van der Waals surface area (Å²) in [7, 11) is 0. The van der Waals surface area contributed by atoms with Crippen LogP contribution in [-0.2, 0) is 6.42 Å². The van der Waals surface area contributed by atoms with Gasteiger partial charge >= 0.3 is 0 Å². The third-order valence-corrected chi connectivity index (χ3v) is 3.78. The van der Waals surface area contributed by atoms with Gasteiger partial charge in [0.1, 0.15) is 0 Å². The first-order valence-electron chi connectivity index (χ1n) is 8.01. The lowest BCUT2D eigenvalue weighted by atomic mass is 10.0. The van der Waals surface area contributed by atoms with Gasteiger partial charge in [-0.25, -0.2) is 4.98 Å². The van der Waals surface area contributed by atoms with Crippen LogP contribution < -0.4 is 0 Å². The van der Waals surface area contributed by atoms with Crippen LogP contribution in [-0.4, -0.2) is 4.98 Å². The molecule has 1 heterocycles. The molecule has 1 aromatic heterocycles. The van der Waals surface area contributed by atoms with Gasteiger partial charge in [0.05, 0.1) is 5.69 Å². The molecular formula is C19H24FN. The zero-order chi connectivity index (χ0) is 14.9. The van der Waals surface area contributed by atoms with Crippen LogP contribution in [0.5, 0.6) is 0 Å². The summed E-state index contributed by atoms with van der Waals surface area (Å²) in [5.41, 5.74) is 3.02. The Morgan fingerprint density at radius 1 is 0.857 bits per heavy atom. The van der Waals surface area contributed by atoms with Crippen LogP contribution in [0.2, 0.25) is 0 Å². The van der Waals surface area contributed by atoms with E-state index in [4.69, 9.17) is 0 Å². The molecule has 0 atom stereocenters. The molecule has 1 aromatic carbocycles. The monoisotopic (exact) mass is 285 g/mol. The molecule has 0 saturated carbocycles. The maximum absolute atomic E-state index is 13.1. The third kappa shape index (κ3) is 5.30. The van der Waals surface area contributed by atoms with Gasteiger partial charge in [0.25, 0.3) is 0 Å². The molecule has 0 bridgehead atoms. The number of hydrogen-bond donors (Lipinski definition) is 0. The van der Waals surface area contributed by atoms with Gasteiger partial charge in [-0.2, -0.15) is 4.39 Å². The fourth-order valence-corrected chi connectivity index (χ4v) is 2.52. The minimum atomic E-state index is -0.427. The van der Waals surface area contributed by atoms with E-state index in [1.807, 2.05) is 18.2 Å². The lowest BCUT2D eigenvalue weighted by molar-refractivity contribution is 0.585. The Morgan fingerprint density at radius 3 is 2.29 bits per heavy atom. The van der Waals surface area contributed by atoms with E-state index >= 15 is 0 Å². The van der Waals surface area contributed by atoms with Gasteiger partial charge in [-0.1, -0.05) is 69.4 Å². The van der Waals surface area contributed by atoms with Crippen molar-refractivity contribution in [1.82, 2.24) is 4.98 Å². The molecule has 112 valence electrons. The van der Waals surface area contributed by atoms with Crippen molar-refractivity contribution < 1.29 is 4.39 Å². The Hall–Kier alpha value is -1.70. The summed E-state index contributed by atoms with van der Waals surface area (Å²) >= 11 is 0. The van der Waals surface area contributed by atoms with E-state index in [-0.39, 0.29) is 0 Å². The summed E-state index contributed by atoms with van der Waals surface area (Å²) in [5.74, 6) is -0.427. The molecule has 21 heavy (non-hydrogen) atoms. The van der Waals surface area contributed by atoms with E-state index in [0.717, 1.165) is 12.0 Å². The molecule has 2 heteroatoms. The van der Waals surface area contributed by atoms with Gasteiger partial charge < -0.3 is 0 Å². The summed E-state index contributed by atoms with van der Waals surface area (Å²) in [4.78, 5) is 3.91. The number of nitrogens with zero attached hydrogens (tertiary/aromatic N) is 1. The average Bonchev–Trinajstić information content (AvgIpc) is 2.51. The molecule has 0 fully saturated rings. The first-order chi connectivity index (χ1) is 10.3. The predicted molar refractivity (Wildman–Crippen MR) is 86.7 cm³/mol. The summed E-state index contributed by atoms with van der Waals surface area (Å²) in [6, 6.07) is 13.2. The van der Waals surface area contributed by atoms with Crippen LogP contribution in [0.15, 0.2) is 42.5 Å². The number of hydrogen-bond acceptors (Lipinski definition) is 1. The predicted octanol–water partition coefficient (Wildman–Crippen LogP) is 5.79. The van der Waals surface area contributed by atoms with E-state index in [2.05, 4.69) is 24.0 Å². The summed E-state index contributed by atoms with van der Waals surface area (Å²) in [6.45, 7) is 2.25. The number of aromatic nitrogens is 1. The van der Waals surface area contributed by atoms with Crippen molar-refractivity contribution in [3.8, 4) is 11.3 Å². The Labute approximate surface area is 127 Å². The summed E-state index contributed by atoms with van der Waals surface area (Å²) in [5, 5.41) is 0. The summed E-state index contributed by atoms with van der Waals surface area (Å²) < 4.78 is 13.1. The van der Waals surface area contributed by atoms with E-state index in [0.29, 0.717) is 5.69 Å². The van der Waals surface area contributed by atoms with Crippen molar-refractivity contribution in [1.29, 1.82) is 0 Å². The highest BCUT2D eigenvalue weighted by molar-refractivity contribution is 5.59. The fraction of sp³-hybridized carbons (Fsp3) is 0.421. The van der Waals surface area contributed by atoms with Gasteiger partial charge in [-0.15, -0.1) is 0 Å². The maximum Gasteiger partial charge on any atom is 0.213 e. The number of rotatable bonds is 8. The third-order valence-electron chi connectivity index (χ3n) is 3.78. The number of pyridine rings is 1. The second kappa shape index (κ2) is 8.56. The molecule has 2 aromatic rings. The van der Waals surface area contributed by atoms with E-state index in [1.165, 1.54) is 50.2 Å². The van der Waals surface area contributed by atoms with Gasteiger partial charge in [0.2, 0.25) is 5.95 Å². The van der Waals surface area contributed by atoms with E-state index in [1.54, 1.807) is 6.07 Å². The second-order valence-electron chi connectivity index (χ2n) is 5.56. The van der Waals surface area contributed by atoms with Crippen molar-refractivity contribution in [2.45, 2.75) is 51.9 Å². The standard InChI is InChI=1S/C19H24FN/c1-2-3-4-5-6-7-9-16-12-14-17(15-13-16)18-10-8-11-19(20)21-18/h8,10-15H,2-7,9H2,1H3. The second-order valence-corrected chi connectivity index (χ2v) is 5.56. The van der Waals surface area contributed by atoms with Crippen LogP contribution in [0.4, 0.5) is 4.39 Å². The Balaban J connectivity index is 1.82. The van der Waals surface area contributed by atoms with Crippen molar-refractivity contribution >= 4 is 0 Å². The quantitative estimate of drug-likeness (QED) is 0.442. The minimum Gasteiger partial charge on any atom is -0.220 e. The Bertz CT molecular complexity index is 534. The van der Waals surface area contributed by atoms with Crippen LogP contribution in [0.3, 0.4) is 0 Å². The minimum absolute atomic E-state index is 0.427. The fourth-order valence-electron chi connectivity index (χ4n) is 2.52. The maximum atomic E-state index is 13.1. The molecule has 0 aliphatic heterocycles. The highest BCUT2D eigenvalue weighted by Gasteiger charge is 2.01. The SMILES string of the molecule is CCCCCCCCc1ccc(-c2cccc(F)n2)cc1. The number of unbranched alkanes of at least 4 members (excludes halogenated alkanes) is 5. The molecule has 1 nitrogen and oxygen atoms in total. The molecular weight excluding hydrogens is 261 g/mol. The Morgan fingerprint density at radius 2 is 1.57 bits per heavy atom. The van der Waals surface area contributed by atoms with Gasteiger partial charge in [-0.3, -0.25) is 0 Å². The van der Waals surface area contributed by atoms with Crippen molar-refractivity contribution in [3.05, 3.63) is 54.0 Å². The lowest BCUT2D eigenvalue weighted by Crippen LogP contribution is -1.89. The average molecular weight is 285 g/mol. The van der Waals surface area contributed by atoms with Gasteiger partial charge in [0, 0.05) is 5.56 Å². The lowest BCUT2D eigenvalue weighted by Gasteiger charge is -2.04. The van der Waals surface area contributed by atoms with Crippen LogP contribution in [0.25, 0.3) is 11.3 Å². The zero-order valence-corrected chi connectivity index (χ0v) is 12.8. The largest absolute Gasteiger partial charge is 0.220 e. The molecule has 0 radical (unpaired) electrons. The first kappa shape index (κ1) is 15.7. The molecule has 0 saturated heterocycles. The molecule has 0 unspecified atom stereocenters. The smallest absolute Gasteiger partial charge is 0.213 e. The van der Waals surface area contributed by atoms with E-state index < -0.39 is 5.95 Å². The molecule has 0 amide bonds. The van der Waals surface area contributed by atoms with Gasteiger partial charge in [-0.05, 0) is 30.5 Å². The van der Waals surface area contributed by atoms with Gasteiger partial charge in [0.15, 0.2) is 0 Å². The zero-order valence-electron chi connectivity index (χ0n) is 12.8. The molecule has 0 aliphatic carbocycles. The topological polar surface area (TPSA) is 12.9 Å². The highest BCUT2D eigenvalue weighted by atomic mass is 19.1. The Kier molecular flexibility index (Phi) is 6.39. The number of benzene rings is 1.